The number of aromatic nitrogens is 2. The van der Waals surface area contributed by atoms with Gasteiger partial charge in [-0.2, -0.15) is 5.10 Å². The molecule has 2 aromatic rings. The van der Waals surface area contributed by atoms with Gasteiger partial charge in [0.25, 0.3) is 0 Å². The molecule has 1 aromatic carbocycles. The number of nitrogens with zero attached hydrogens (tertiary/aromatic N) is 5. The molecule has 0 bridgehead atoms. The van der Waals surface area contributed by atoms with Crippen LogP contribution < -0.4 is 9.80 Å². The summed E-state index contributed by atoms with van der Waals surface area (Å²) in [5.74, 6) is 0.571. The summed E-state index contributed by atoms with van der Waals surface area (Å²) in [5.41, 5.74) is 1.86. The molecular weight excluding hydrogens is 373 g/mol. The Morgan fingerprint density at radius 3 is 2.38 bits per heavy atom. The van der Waals surface area contributed by atoms with Crippen molar-refractivity contribution in [2.75, 3.05) is 42.5 Å². The van der Waals surface area contributed by atoms with Crippen molar-refractivity contribution in [1.29, 1.82) is 0 Å². The SMILES string of the molecule is Cc1cc2n(n1)CCCN2C(=O)CCC(=O)N1CCN(c2ccc(F)cc2)CC1. The highest BCUT2D eigenvalue weighted by Gasteiger charge is 2.26. The van der Waals surface area contributed by atoms with Crippen molar-refractivity contribution in [1.82, 2.24) is 14.7 Å². The van der Waals surface area contributed by atoms with E-state index >= 15 is 0 Å². The van der Waals surface area contributed by atoms with Gasteiger partial charge in [0.05, 0.1) is 5.69 Å². The average molecular weight is 399 g/mol. The van der Waals surface area contributed by atoms with Crippen LogP contribution in [0.25, 0.3) is 0 Å². The molecule has 0 aliphatic carbocycles. The lowest BCUT2D eigenvalue weighted by molar-refractivity contribution is -0.133. The molecule has 2 aliphatic rings. The molecule has 0 unspecified atom stereocenters. The Kier molecular flexibility index (Phi) is 5.51. The number of rotatable bonds is 4. The van der Waals surface area contributed by atoms with E-state index in [-0.39, 0.29) is 30.5 Å². The second kappa shape index (κ2) is 8.23. The summed E-state index contributed by atoms with van der Waals surface area (Å²) >= 11 is 0. The first-order valence-corrected chi connectivity index (χ1v) is 10.1. The van der Waals surface area contributed by atoms with Crippen molar-refractivity contribution < 1.29 is 14.0 Å². The Morgan fingerprint density at radius 2 is 1.66 bits per heavy atom. The van der Waals surface area contributed by atoms with Crippen LogP contribution >= 0.6 is 0 Å². The fourth-order valence-electron chi connectivity index (χ4n) is 4.03. The molecule has 154 valence electrons. The molecule has 0 atom stereocenters. The van der Waals surface area contributed by atoms with Crippen molar-refractivity contribution >= 4 is 23.3 Å². The normalized spacial score (nSPS) is 16.7. The fourth-order valence-corrected chi connectivity index (χ4v) is 4.03. The number of hydrogen-bond donors (Lipinski definition) is 0. The van der Waals surface area contributed by atoms with Crippen molar-refractivity contribution in [3.05, 3.63) is 41.8 Å². The summed E-state index contributed by atoms with van der Waals surface area (Å²) in [7, 11) is 0. The van der Waals surface area contributed by atoms with E-state index in [1.807, 2.05) is 22.6 Å². The van der Waals surface area contributed by atoms with E-state index in [1.54, 1.807) is 17.0 Å². The Labute approximate surface area is 169 Å². The van der Waals surface area contributed by atoms with Gasteiger partial charge in [-0.3, -0.25) is 14.5 Å². The zero-order valence-electron chi connectivity index (χ0n) is 16.7. The molecule has 8 heteroatoms. The topological polar surface area (TPSA) is 61.7 Å². The minimum Gasteiger partial charge on any atom is -0.368 e. The third-order valence-corrected chi connectivity index (χ3v) is 5.59. The van der Waals surface area contributed by atoms with Crippen LogP contribution in [0, 0.1) is 12.7 Å². The number of aryl methyl sites for hydroxylation is 2. The molecule has 1 aromatic heterocycles. The summed E-state index contributed by atoms with van der Waals surface area (Å²) < 4.78 is 15.0. The van der Waals surface area contributed by atoms with Crippen molar-refractivity contribution in [3.8, 4) is 0 Å². The van der Waals surface area contributed by atoms with Crippen molar-refractivity contribution in [3.63, 3.8) is 0 Å². The van der Waals surface area contributed by atoms with Crippen LogP contribution in [0.3, 0.4) is 0 Å². The van der Waals surface area contributed by atoms with E-state index in [2.05, 4.69) is 10.00 Å². The number of fused-ring (bicyclic) bond motifs is 1. The quantitative estimate of drug-likeness (QED) is 0.791. The second-order valence-corrected chi connectivity index (χ2v) is 7.61. The van der Waals surface area contributed by atoms with E-state index in [4.69, 9.17) is 0 Å². The van der Waals surface area contributed by atoms with Gasteiger partial charge in [-0.25, -0.2) is 9.07 Å². The van der Waals surface area contributed by atoms with Crippen LogP contribution in [-0.2, 0) is 16.1 Å². The molecule has 0 saturated carbocycles. The molecule has 7 nitrogen and oxygen atoms in total. The largest absolute Gasteiger partial charge is 0.368 e. The zero-order chi connectivity index (χ0) is 20.4. The number of carbonyl (C=O) groups excluding carboxylic acids is 2. The number of piperazine rings is 1. The number of anilines is 2. The first kappa shape index (κ1) is 19.4. The molecule has 1 saturated heterocycles. The van der Waals surface area contributed by atoms with Gasteiger partial charge in [0, 0.05) is 63.9 Å². The Morgan fingerprint density at radius 1 is 0.966 bits per heavy atom. The Balaban J connectivity index is 1.27. The third kappa shape index (κ3) is 4.26. The lowest BCUT2D eigenvalue weighted by Crippen LogP contribution is -2.49. The van der Waals surface area contributed by atoms with E-state index < -0.39 is 0 Å². The highest BCUT2D eigenvalue weighted by Crippen LogP contribution is 2.23. The molecule has 0 radical (unpaired) electrons. The molecule has 2 aliphatic heterocycles. The van der Waals surface area contributed by atoms with Crippen LogP contribution in [0.2, 0.25) is 0 Å². The Bertz CT molecular complexity index is 887. The minimum atomic E-state index is -0.251. The second-order valence-electron chi connectivity index (χ2n) is 7.61. The molecule has 3 heterocycles. The van der Waals surface area contributed by atoms with E-state index in [0.717, 1.165) is 30.2 Å². The maximum Gasteiger partial charge on any atom is 0.228 e. The first-order valence-electron chi connectivity index (χ1n) is 10.1. The standard InChI is InChI=1S/C21H26FN5O2/c1-16-15-19-26(9-2-10-27(19)23-16)21(29)8-7-20(28)25-13-11-24(12-14-25)18-5-3-17(22)4-6-18/h3-6,15H,2,7-14H2,1H3. The summed E-state index contributed by atoms with van der Waals surface area (Å²) in [5, 5.41) is 4.41. The number of carbonyl (C=O) groups is 2. The van der Waals surface area contributed by atoms with Gasteiger partial charge in [-0.15, -0.1) is 0 Å². The van der Waals surface area contributed by atoms with E-state index in [0.29, 0.717) is 32.7 Å². The molecule has 1 fully saturated rings. The average Bonchev–Trinajstić information content (AvgIpc) is 3.12. The van der Waals surface area contributed by atoms with Crippen LogP contribution in [0.1, 0.15) is 25.0 Å². The van der Waals surface area contributed by atoms with E-state index in [9.17, 15) is 14.0 Å². The summed E-state index contributed by atoms with van der Waals surface area (Å²) in [4.78, 5) is 31.0. The van der Waals surface area contributed by atoms with Crippen LogP contribution in [-0.4, -0.2) is 59.2 Å². The first-order chi connectivity index (χ1) is 14.0. The summed E-state index contributed by atoms with van der Waals surface area (Å²) in [6.45, 7) is 6.05. The van der Waals surface area contributed by atoms with Gasteiger partial charge in [0.2, 0.25) is 11.8 Å². The fraction of sp³-hybridized carbons (Fsp3) is 0.476. The summed E-state index contributed by atoms with van der Waals surface area (Å²) in [6.07, 6.45) is 1.30. The smallest absolute Gasteiger partial charge is 0.228 e. The van der Waals surface area contributed by atoms with Gasteiger partial charge < -0.3 is 9.80 Å². The minimum absolute atomic E-state index is 0.0128. The molecule has 0 N–H and O–H groups in total. The molecule has 29 heavy (non-hydrogen) atoms. The predicted molar refractivity (Wildman–Crippen MR) is 108 cm³/mol. The van der Waals surface area contributed by atoms with Gasteiger partial charge in [-0.05, 0) is 37.6 Å². The lowest BCUT2D eigenvalue weighted by atomic mass is 10.2. The maximum absolute atomic E-state index is 13.1. The maximum atomic E-state index is 13.1. The number of hydrogen-bond acceptors (Lipinski definition) is 4. The van der Waals surface area contributed by atoms with Gasteiger partial charge >= 0.3 is 0 Å². The van der Waals surface area contributed by atoms with Gasteiger partial charge in [0.15, 0.2) is 0 Å². The van der Waals surface area contributed by atoms with Crippen molar-refractivity contribution in [2.24, 2.45) is 0 Å². The molecule has 2 amide bonds. The lowest BCUT2D eigenvalue weighted by Gasteiger charge is -2.36. The number of halogens is 1. The Hall–Kier alpha value is -2.90. The highest BCUT2D eigenvalue weighted by molar-refractivity contribution is 5.95. The van der Waals surface area contributed by atoms with Gasteiger partial charge in [-0.1, -0.05) is 0 Å². The monoisotopic (exact) mass is 399 g/mol. The molecule has 4 rings (SSSR count). The highest BCUT2D eigenvalue weighted by atomic mass is 19.1. The van der Waals surface area contributed by atoms with Gasteiger partial charge in [0.1, 0.15) is 11.6 Å². The van der Waals surface area contributed by atoms with Crippen LogP contribution in [0.4, 0.5) is 15.9 Å². The van der Waals surface area contributed by atoms with Crippen LogP contribution in [0.5, 0.6) is 0 Å². The molecular formula is C21H26FN5O2. The summed E-state index contributed by atoms with van der Waals surface area (Å²) in [6, 6.07) is 8.35. The molecule has 0 spiro atoms. The van der Waals surface area contributed by atoms with Crippen molar-refractivity contribution in [2.45, 2.75) is 32.7 Å². The number of amides is 2. The zero-order valence-corrected chi connectivity index (χ0v) is 16.7. The predicted octanol–water partition coefficient (Wildman–Crippen LogP) is 2.20. The number of benzene rings is 1. The third-order valence-electron chi connectivity index (χ3n) is 5.59. The van der Waals surface area contributed by atoms with E-state index in [1.165, 1.54) is 12.1 Å². The van der Waals surface area contributed by atoms with Crippen LogP contribution in [0.15, 0.2) is 30.3 Å².